The van der Waals surface area contributed by atoms with Crippen LogP contribution in [0.2, 0.25) is 5.02 Å². The Morgan fingerprint density at radius 1 is 1.55 bits per heavy atom. The third-order valence-electron chi connectivity index (χ3n) is 3.33. The number of carbonyl (C=O) groups excluding carboxylic acids is 1. The van der Waals surface area contributed by atoms with Crippen molar-refractivity contribution in [1.29, 1.82) is 0 Å². The molecule has 1 aromatic rings. The van der Waals surface area contributed by atoms with E-state index in [1.165, 1.54) is 0 Å². The SMILES string of the molecule is C[C@H](CN1CCOCC1)C(=O)NCCn1cc(Cl)cn1. The summed E-state index contributed by atoms with van der Waals surface area (Å²) in [6.45, 7) is 7.25. The van der Waals surface area contributed by atoms with Crippen LogP contribution in [0, 0.1) is 5.92 Å². The van der Waals surface area contributed by atoms with Crippen LogP contribution >= 0.6 is 11.6 Å². The lowest BCUT2D eigenvalue weighted by molar-refractivity contribution is -0.125. The minimum Gasteiger partial charge on any atom is -0.379 e. The van der Waals surface area contributed by atoms with E-state index in [1.807, 2.05) is 6.92 Å². The summed E-state index contributed by atoms with van der Waals surface area (Å²) < 4.78 is 7.01. The van der Waals surface area contributed by atoms with Gasteiger partial charge in [-0.25, -0.2) is 0 Å². The van der Waals surface area contributed by atoms with E-state index < -0.39 is 0 Å². The molecule has 1 amide bonds. The van der Waals surface area contributed by atoms with Crippen LogP contribution in [0.25, 0.3) is 0 Å². The normalized spacial score (nSPS) is 17.9. The molecule has 0 spiro atoms. The van der Waals surface area contributed by atoms with Crippen LogP contribution in [-0.2, 0) is 16.1 Å². The van der Waals surface area contributed by atoms with E-state index in [-0.39, 0.29) is 11.8 Å². The molecule has 1 N–H and O–H groups in total. The lowest BCUT2D eigenvalue weighted by atomic mass is 10.1. The van der Waals surface area contributed by atoms with Crippen LogP contribution in [0.3, 0.4) is 0 Å². The van der Waals surface area contributed by atoms with Crippen molar-refractivity contribution in [2.45, 2.75) is 13.5 Å². The molecule has 0 aromatic carbocycles. The fourth-order valence-electron chi connectivity index (χ4n) is 2.18. The Morgan fingerprint density at radius 3 is 2.95 bits per heavy atom. The second kappa shape index (κ2) is 7.61. The molecular weight excluding hydrogens is 280 g/mol. The highest BCUT2D eigenvalue weighted by Gasteiger charge is 2.18. The summed E-state index contributed by atoms with van der Waals surface area (Å²) in [6.07, 6.45) is 3.33. The molecule has 112 valence electrons. The lowest BCUT2D eigenvalue weighted by Gasteiger charge is -2.28. The zero-order valence-corrected chi connectivity index (χ0v) is 12.5. The Morgan fingerprint density at radius 2 is 2.30 bits per heavy atom. The Bertz CT molecular complexity index is 432. The number of aromatic nitrogens is 2. The third-order valence-corrected chi connectivity index (χ3v) is 3.52. The molecule has 2 rings (SSSR count). The fraction of sp³-hybridized carbons (Fsp3) is 0.692. The number of hydrogen-bond donors (Lipinski definition) is 1. The molecule has 7 heteroatoms. The molecule has 1 aliphatic heterocycles. The molecule has 0 radical (unpaired) electrons. The molecule has 0 bridgehead atoms. The predicted molar refractivity (Wildman–Crippen MR) is 76.7 cm³/mol. The van der Waals surface area contributed by atoms with Crippen LogP contribution in [0.1, 0.15) is 6.92 Å². The number of amides is 1. The van der Waals surface area contributed by atoms with Crippen molar-refractivity contribution >= 4 is 17.5 Å². The zero-order valence-electron chi connectivity index (χ0n) is 11.7. The Kier molecular flexibility index (Phi) is 5.82. The molecule has 0 saturated carbocycles. The number of ether oxygens (including phenoxy) is 1. The van der Waals surface area contributed by atoms with E-state index in [2.05, 4.69) is 15.3 Å². The van der Waals surface area contributed by atoms with Crippen molar-refractivity contribution in [1.82, 2.24) is 20.0 Å². The van der Waals surface area contributed by atoms with Crippen molar-refractivity contribution in [3.05, 3.63) is 17.4 Å². The van der Waals surface area contributed by atoms with E-state index in [1.54, 1.807) is 17.1 Å². The van der Waals surface area contributed by atoms with Gasteiger partial charge in [0.25, 0.3) is 0 Å². The number of nitrogens with zero attached hydrogens (tertiary/aromatic N) is 3. The largest absolute Gasteiger partial charge is 0.379 e. The maximum absolute atomic E-state index is 12.0. The number of halogens is 1. The summed E-state index contributed by atoms with van der Waals surface area (Å²) >= 11 is 5.77. The highest BCUT2D eigenvalue weighted by molar-refractivity contribution is 6.30. The summed E-state index contributed by atoms with van der Waals surface area (Å²) in [5.41, 5.74) is 0. The Balaban J connectivity index is 1.65. The van der Waals surface area contributed by atoms with Crippen molar-refractivity contribution in [3.63, 3.8) is 0 Å². The molecule has 1 aromatic heterocycles. The molecule has 1 fully saturated rings. The van der Waals surface area contributed by atoms with Gasteiger partial charge in [0, 0.05) is 38.3 Å². The molecule has 2 heterocycles. The fourth-order valence-corrected chi connectivity index (χ4v) is 2.34. The summed E-state index contributed by atoms with van der Waals surface area (Å²) in [5, 5.41) is 7.60. The lowest BCUT2D eigenvalue weighted by Crippen LogP contribution is -2.43. The van der Waals surface area contributed by atoms with E-state index in [0.717, 1.165) is 32.8 Å². The molecule has 1 saturated heterocycles. The van der Waals surface area contributed by atoms with Crippen molar-refractivity contribution in [3.8, 4) is 0 Å². The first-order chi connectivity index (χ1) is 9.65. The molecule has 0 aliphatic carbocycles. The predicted octanol–water partition coefficient (Wildman–Crippen LogP) is 0.621. The first-order valence-corrected chi connectivity index (χ1v) is 7.28. The van der Waals surface area contributed by atoms with Gasteiger partial charge in [0.05, 0.1) is 31.0 Å². The van der Waals surface area contributed by atoms with Gasteiger partial charge in [-0.1, -0.05) is 18.5 Å². The standard InChI is InChI=1S/C13H21ClN4O2/c1-11(9-17-4-6-20-7-5-17)13(19)15-2-3-18-10-12(14)8-16-18/h8,10-11H,2-7,9H2,1H3,(H,15,19)/t11-/m1/s1. The maximum atomic E-state index is 12.0. The highest BCUT2D eigenvalue weighted by atomic mass is 35.5. The average Bonchev–Trinajstić information content (AvgIpc) is 2.85. The molecule has 1 atom stereocenters. The third kappa shape index (κ3) is 4.77. The minimum absolute atomic E-state index is 0.0192. The topological polar surface area (TPSA) is 59.4 Å². The number of morpholine rings is 1. The van der Waals surface area contributed by atoms with E-state index in [4.69, 9.17) is 16.3 Å². The zero-order chi connectivity index (χ0) is 14.4. The molecule has 6 nitrogen and oxygen atoms in total. The first kappa shape index (κ1) is 15.3. The van der Waals surface area contributed by atoms with Crippen LogP contribution in [0.4, 0.5) is 0 Å². The smallest absolute Gasteiger partial charge is 0.224 e. The van der Waals surface area contributed by atoms with E-state index in [9.17, 15) is 4.79 Å². The monoisotopic (exact) mass is 300 g/mol. The number of hydrogen-bond acceptors (Lipinski definition) is 4. The second-order valence-electron chi connectivity index (χ2n) is 5.03. The van der Waals surface area contributed by atoms with Gasteiger partial charge in [0.1, 0.15) is 0 Å². The van der Waals surface area contributed by atoms with Gasteiger partial charge in [-0.15, -0.1) is 0 Å². The van der Waals surface area contributed by atoms with Crippen LogP contribution in [-0.4, -0.2) is 60.0 Å². The quantitative estimate of drug-likeness (QED) is 0.837. The number of carbonyl (C=O) groups is 1. The molecule has 0 unspecified atom stereocenters. The van der Waals surface area contributed by atoms with Crippen LogP contribution in [0.15, 0.2) is 12.4 Å². The van der Waals surface area contributed by atoms with Gasteiger partial charge in [-0.3, -0.25) is 14.4 Å². The van der Waals surface area contributed by atoms with Gasteiger partial charge in [-0.2, -0.15) is 5.10 Å². The van der Waals surface area contributed by atoms with Crippen LogP contribution < -0.4 is 5.32 Å². The van der Waals surface area contributed by atoms with Gasteiger partial charge < -0.3 is 10.1 Å². The molecule has 1 aliphatic rings. The number of nitrogens with one attached hydrogen (secondary N) is 1. The van der Waals surface area contributed by atoms with E-state index >= 15 is 0 Å². The van der Waals surface area contributed by atoms with Crippen LogP contribution in [0.5, 0.6) is 0 Å². The van der Waals surface area contributed by atoms with Gasteiger partial charge in [-0.05, 0) is 0 Å². The van der Waals surface area contributed by atoms with Crippen molar-refractivity contribution in [2.24, 2.45) is 5.92 Å². The molecule has 20 heavy (non-hydrogen) atoms. The Hall–Kier alpha value is -1.11. The van der Waals surface area contributed by atoms with Crippen molar-refractivity contribution in [2.75, 3.05) is 39.4 Å². The van der Waals surface area contributed by atoms with Gasteiger partial charge in [0.2, 0.25) is 5.91 Å². The maximum Gasteiger partial charge on any atom is 0.224 e. The van der Waals surface area contributed by atoms with Crippen molar-refractivity contribution < 1.29 is 9.53 Å². The summed E-state index contributed by atoms with van der Waals surface area (Å²) in [6, 6.07) is 0. The second-order valence-corrected chi connectivity index (χ2v) is 5.46. The highest BCUT2D eigenvalue weighted by Crippen LogP contribution is 2.05. The Labute approximate surface area is 124 Å². The first-order valence-electron chi connectivity index (χ1n) is 6.91. The average molecular weight is 301 g/mol. The summed E-state index contributed by atoms with van der Waals surface area (Å²) in [4.78, 5) is 14.3. The van der Waals surface area contributed by atoms with Gasteiger partial charge in [0.15, 0.2) is 0 Å². The molecular formula is C13H21ClN4O2. The van der Waals surface area contributed by atoms with E-state index in [0.29, 0.717) is 18.1 Å². The minimum atomic E-state index is -0.0192. The van der Waals surface area contributed by atoms with Gasteiger partial charge >= 0.3 is 0 Å². The summed E-state index contributed by atoms with van der Waals surface area (Å²) in [5.74, 6) is 0.0593. The summed E-state index contributed by atoms with van der Waals surface area (Å²) in [7, 11) is 0. The number of rotatable bonds is 6.